The van der Waals surface area contributed by atoms with E-state index in [2.05, 4.69) is 13.8 Å². The molecular formula is C20H40O3. The molecule has 0 aliphatic rings. The maximum atomic E-state index is 11.0. The summed E-state index contributed by atoms with van der Waals surface area (Å²) in [6.07, 6.45) is 16.7. The molecule has 0 spiro atoms. The van der Waals surface area contributed by atoms with Crippen LogP contribution < -0.4 is 0 Å². The van der Waals surface area contributed by atoms with Crippen LogP contribution in [0.5, 0.6) is 0 Å². The Morgan fingerprint density at radius 2 is 1.04 bits per heavy atom. The van der Waals surface area contributed by atoms with E-state index < -0.39 is 11.6 Å². The van der Waals surface area contributed by atoms with E-state index in [1.54, 1.807) is 0 Å². The van der Waals surface area contributed by atoms with Crippen molar-refractivity contribution in [2.24, 2.45) is 0 Å². The van der Waals surface area contributed by atoms with Gasteiger partial charge in [0.05, 0.1) is 12.0 Å². The van der Waals surface area contributed by atoms with Crippen molar-refractivity contribution in [3.8, 4) is 0 Å². The molecule has 23 heavy (non-hydrogen) atoms. The number of carboxylic acids is 1. The number of aliphatic carboxylic acids is 1. The SMILES string of the molecule is CCCCCCCCCCCC(O)(CCCCCC)CC(=O)O. The van der Waals surface area contributed by atoms with Gasteiger partial charge in [0.2, 0.25) is 0 Å². The minimum absolute atomic E-state index is 0.101. The summed E-state index contributed by atoms with van der Waals surface area (Å²) in [5, 5.41) is 19.6. The number of carbonyl (C=O) groups is 1. The molecule has 0 saturated heterocycles. The Kier molecular flexibility index (Phi) is 14.6. The van der Waals surface area contributed by atoms with E-state index in [0.717, 1.165) is 32.1 Å². The minimum Gasteiger partial charge on any atom is -0.481 e. The van der Waals surface area contributed by atoms with E-state index in [0.29, 0.717) is 12.8 Å². The Hall–Kier alpha value is -0.570. The monoisotopic (exact) mass is 328 g/mol. The van der Waals surface area contributed by atoms with Gasteiger partial charge < -0.3 is 10.2 Å². The predicted octanol–water partition coefficient (Wildman–Crippen LogP) is 6.08. The summed E-state index contributed by atoms with van der Waals surface area (Å²) in [7, 11) is 0. The molecule has 3 heteroatoms. The van der Waals surface area contributed by atoms with Gasteiger partial charge in [0.15, 0.2) is 0 Å². The van der Waals surface area contributed by atoms with E-state index in [1.165, 1.54) is 51.4 Å². The average molecular weight is 329 g/mol. The van der Waals surface area contributed by atoms with E-state index in [9.17, 15) is 9.90 Å². The van der Waals surface area contributed by atoms with Gasteiger partial charge in [-0.2, -0.15) is 0 Å². The minimum atomic E-state index is -0.985. The van der Waals surface area contributed by atoms with Crippen LogP contribution in [0.3, 0.4) is 0 Å². The number of carboxylic acid groups (broad SMARTS) is 1. The molecule has 0 aromatic rings. The van der Waals surface area contributed by atoms with E-state index in [-0.39, 0.29) is 6.42 Å². The van der Waals surface area contributed by atoms with Crippen LogP contribution in [0.15, 0.2) is 0 Å². The maximum absolute atomic E-state index is 11.0. The molecule has 0 aliphatic carbocycles. The van der Waals surface area contributed by atoms with Gasteiger partial charge >= 0.3 is 5.97 Å². The van der Waals surface area contributed by atoms with Gasteiger partial charge in [-0.25, -0.2) is 0 Å². The molecule has 0 radical (unpaired) electrons. The number of aliphatic hydroxyl groups is 1. The van der Waals surface area contributed by atoms with Crippen LogP contribution in [0.25, 0.3) is 0 Å². The lowest BCUT2D eigenvalue weighted by Gasteiger charge is -2.26. The Morgan fingerprint density at radius 3 is 1.43 bits per heavy atom. The zero-order valence-corrected chi connectivity index (χ0v) is 15.6. The second kappa shape index (κ2) is 15.0. The summed E-state index contributed by atoms with van der Waals surface area (Å²) >= 11 is 0. The fourth-order valence-electron chi connectivity index (χ4n) is 3.23. The van der Waals surface area contributed by atoms with Crippen molar-refractivity contribution >= 4 is 5.97 Å². The second-order valence-corrected chi connectivity index (χ2v) is 7.18. The fourth-order valence-corrected chi connectivity index (χ4v) is 3.23. The molecule has 0 saturated carbocycles. The highest BCUT2D eigenvalue weighted by molar-refractivity contribution is 5.68. The molecule has 0 amide bonds. The number of hydrogen-bond donors (Lipinski definition) is 2. The fraction of sp³-hybridized carbons (Fsp3) is 0.950. The Bertz CT molecular complexity index is 278. The van der Waals surface area contributed by atoms with Gasteiger partial charge in [-0.1, -0.05) is 97.3 Å². The number of hydrogen-bond acceptors (Lipinski definition) is 2. The van der Waals surface area contributed by atoms with Gasteiger partial charge in [0.25, 0.3) is 0 Å². The second-order valence-electron chi connectivity index (χ2n) is 7.18. The topological polar surface area (TPSA) is 57.5 Å². The normalized spacial score (nSPS) is 13.9. The predicted molar refractivity (Wildman–Crippen MR) is 97.8 cm³/mol. The Labute approximate surface area is 143 Å². The molecule has 1 atom stereocenters. The smallest absolute Gasteiger partial charge is 0.306 e. The lowest BCUT2D eigenvalue weighted by atomic mass is 9.87. The van der Waals surface area contributed by atoms with Crippen LogP contribution in [0.4, 0.5) is 0 Å². The van der Waals surface area contributed by atoms with Gasteiger partial charge in [0.1, 0.15) is 0 Å². The van der Waals surface area contributed by atoms with Crippen LogP contribution in [-0.2, 0) is 4.79 Å². The highest BCUT2D eigenvalue weighted by Crippen LogP contribution is 2.26. The summed E-state index contributed by atoms with van der Waals surface area (Å²) in [6, 6.07) is 0. The Morgan fingerprint density at radius 1 is 0.696 bits per heavy atom. The first-order chi connectivity index (χ1) is 11.0. The highest BCUT2D eigenvalue weighted by atomic mass is 16.4. The number of unbranched alkanes of at least 4 members (excludes halogenated alkanes) is 11. The molecule has 1 unspecified atom stereocenters. The lowest BCUT2D eigenvalue weighted by molar-refractivity contribution is -0.143. The van der Waals surface area contributed by atoms with Crippen molar-refractivity contribution in [3.05, 3.63) is 0 Å². The van der Waals surface area contributed by atoms with Crippen molar-refractivity contribution in [3.63, 3.8) is 0 Å². The average Bonchev–Trinajstić information content (AvgIpc) is 2.49. The molecule has 0 aliphatic heterocycles. The molecule has 3 nitrogen and oxygen atoms in total. The summed E-state index contributed by atoms with van der Waals surface area (Å²) in [5.74, 6) is -0.876. The van der Waals surface area contributed by atoms with Crippen molar-refractivity contribution in [2.75, 3.05) is 0 Å². The molecule has 0 bridgehead atoms. The first-order valence-corrected chi connectivity index (χ1v) is 9.98. The van der Waals surface area contributed by atoms with Crippen molar-refractivity contribution in [1.29, 1.82) is 0 Å². The molecule has 0 rings (SSSR count). The summed E-state index contributed by atoms with van der Waals surface area (Å²) in [4.78, 5) is 11.0. The molecule has 0 fully saturated rings. The highest BCUT2D eigenvalue weighted by Gasteiger charge is 2.28. The number of rotatable bonds is 17. The lowest BCUT2D eigenvalue weighted by Crippen LogP contribution is -2.31. The van der Waals surface area contributed by atoms with E-state index >= 15 is 0 Å². The van der Waals surface area contributed by atoms with E-state index in [4.69, 9.17) is 5.11 Å². The van der Waals surface area contributed by atoms with Crippen molar-refractivity contribution < 1.29 is 15.0 Å². The first-order valence-electron chi connectivity index (χ1n) is 9.98. The van der Waals surface area contributed by atoms with Gasteiger partial charge in [-0.3, -0.25) is 4.79 Å². The van der Waals surface area contributed by atoms with Crippen LogP contribution in [0.2, 0.25) is 0 Å². The van der Waals surface area contributed by atoms with Crippen molar-refractivity contribution in [1.82, 2.24) is 0 Å². The first kappa shape index (κ1) is 22.4. The zero-order chi connectivity index (χ0) is 17.4. The summed E-state index contributed by atoms with van der Waals surface area (Å²) in [6.45, 7) is 4.40. The van der Waals surface area contributed by atoms with Gasteiger partial charge in [-0.05, 0) is 12.8 Å². The third-order valence-corrected chi connectivity index (χ3v) is 4.72. The standard InChI is InChI=1S/C20H40O3/c1-3-5-7-9-10-11-12-13-15-17-20(23,18-19(21)22)16-14-8-6-4-2/h23H,3-18H2,1-2H3,(H,21,22). The van der Waals surface area contributed by atoms with E-state index in [1.807, 2.05) is 0 Å². The third-order valence-electron chi connectivity index (χ3n) is 4.72. The maximum Gasteiger partial charge on any atom is 0.306 e. The summed E-state index contributed by atoms with van der Waals surface area (Å²) in [5.41, 5.74) is -0.985. The molecule has 2 N–H and O–H groups in total. The third kappa shape index (κ3) is 14.7. The van der Waals surface area contributed by atoms with Crippen LogP contribution in [0, 0.1) is 0 Å². The quantitative estimate of drug-likeness (QED) is 0.318. The van der Waals surface area contributed by atoms with Crippen LogP contribution >= 0.6 is 0 Å². The molecule has 138 valence electrons. The largest absolute Gasteiger partial charge is 0.481 e. The van der Waals surface area contributed by atoms with Gasteiger partial charge in [-0.15, -0.1) is 0 Å². The van der Waals surface area contributed by atoms with Crippen molar-refractivity contribution in [2.45, 2.75) is 122 Å². The Balaban J connectivity index is 3.80. The van der Waals surface area contributed by atoms with Crippen LogP contribution in [-0.4, -0.2) is 21.8 Å². The molecule has 0 heterocycles. The summed E-state index contributed by atoms with van der Waals surface area (Å²) < 4.78 is 0. The van der Waals surface area contributed by atoms with Gasteiger partial charge in [0, 0.05) is 0 Å². The zero-order valence-electron chi connectivity index (χ0n) is 15.6. The molecular weight excluding hydrogens is 288 g/mol. The molecule has 0 aromatic heterocycles. The molecule has 0 aromatic carbocycles. The van der Waals surface area contributed by atoms with Crippen LogP contribution in [0.1, 0.15) is 117 Å².